The fourth-order valence-electron chi connectivity index (χ4n) is 3.11. The van der Waals surface area contributed by atoms with Crippen LogP contribution >= 0.6 is 0 Å². The Morgan fingerprint density at radius 3 is 2.61 bits per heavy atom. The third-order valence-electron chi connectivity index (χ3n) is 4.37. The molecule has 18 heavy (non-hydrogen) atoms. The third kappa shape index (κ3) is 3.23. The lowest BCUT2D eigenvalue weighted by molar-refractivity contribution is -0.133. The molecule has 1 amide bonds. The maximum atomic E-state index is 12.3. The molecular formula is C14H27N3O. The molecule has 1 aliphatic carbocycles. The minimum absolute atomic E-state index is 0.329. The normalized spacial score (nSPS) is 29.3. The minimum Gasteiger partial charge on any atom is -0.339 e. The van der Waals surface area contributed by atoms with Crippen LogP contribution in [0.15, 0.2) is 0 Å². The third-order valence-corrected chi connectivity index (χ3v) is 4.37. The first-order chi connectivity index (χ1) is 8.65. The Morgan fingerprint density at radius 2 is 2.11 bits per heavy atom. The topological polar surface area (TPSA) is 35.6 Å². The Hall–Kier alpha value is -0.610. The van der Waals surface area contributed by atoms with E-state index in [9.17, 15) is 4.79 Å². The lowest BCUT2D eigenvalue weighted by Gasteiger charge is -2.37. The fraction of sp³-hybridized carbons (Fsp3) is 0.929. The number of nitrogens with one attached hydrogen (secondary N) is 1. The Kier molecular flexibility index (Phi) is 4.62. The number of amides is 1. The second-order valence-corrected chi connectivity index (χ2v) is 5.81. The number of likely N-dealkylation sites (tertiary alicyclic amines) is 1. The summed E-state index contributed by atoms with van der Waals surface area (Å²) in [6.45, 7) is 7.93. The highest BCUT2D eigenvalue weighted by Crippen LogP contribution is 2.27. The van der Waals surface area contributed by atoms with Gasteiger partial charge in [-0.15, -0.1) is 0 Å². The van der Waals surface area contributed by atoms with E-state index in [0.29, 0.717) is 30.5 Å². The van der Waals surface area contributed by atoms with Crippen molar-refractivity contribution < 1.29 is 4.79 Å². The number of piperidine rings is 1. The fourth-order valence-corrected chi connectivity index (χ4v) is 3.11. The molecule has 1 saturated heterocycles. The van der Waals surface area contributed by atoms with Gasteiger partial charge in [-0.25, -0.2) is 0 Å². The second-order valence-electron chi connectivity index (χ2n) is 5.81. The lowest BCUT2D eigenvalue weighted by Crippen LogP contribution is -2.50. The molecule has 2 atom stereocenters. The smallest absolute Gasteiger partial charge is 0.236 e. The molecular weight excluding hydrogens is 226 g/mol. The highest BCUT2D eigenvalue weighted by Gasteiger charge is 2.33. The molecule has 4 nitrogen and oxygen atoms in total. The maximum Gasteiger partial charge on any atom is 0.236 e. The molecule has 1 heterocycles. The van der Waals surface area contributed by atoms with Gasteiger partial charge in [0.05, 0.1) is 6.54 Å². The Balaban J connectivity index is 1.80. The maximum absolute atomic E-state index is 12.3. The van der Waals surface area contributed by atoms with Gasteiger partial charge < -0.3 is 10.2 Å². The molecule has 2 fully saturated rings. The van der Waals surface area contributed by atoms with Crippen LogP contribution in [0, 0.1) is 5.92 Å². The van der Waals surface area contributed by atoms with Crippen LogP contribution in [0.3, 0.4) is 0 Å². The van der Waals surface area contributed by atoms with Gasteiger partial charge in [-0.1, -0.05) is 6.92 Å². The summed E-state index contributed by atoms with van der Waals surface area (Å²) in [6.07, 6.45) is 3.57. The van der Waals surface area contributed by atoms with E-state index in [1.165, 1.54) is 12.8 Å². The van der Waals surface area contributed by atoms with Crippen molar-refractivity contribution in [2.75, 3.05) is 33.2 Å². The standard InChI is InChI=1S/C14H27N3O/c1-4-17(12-5-6-12)14(18)10-16-8-7-13(15-3)11(2)9-16/h11-13,15H,4-10H2,1-3H3. The first kappa shape index (κ1) is 13.8. The van der Waals surface area contributed by atoms with Crippen molar-refractivity contribution in [3.05, 3.63) is 0 Å². The molecule has 0 aromatic rings. The summed E-state index contributed by atoms with van der Waals surface area (Å²) in [7, 11) is 2.04. The van der Waals surface area contributed by atoms with E-state index in [1.54, 1.807) is 0 Å². The van der Waals surface area contributed by atoms with Gasteiger partial charge in [-0.3, -0.25) is 9.69 Å². The van der Waals surface area contributed by atoms with Gasteiger partial charge in [0.15, 0.2) is 0 Å². The number of carbonyl (C=O) groups excluding carboxylic acids is 1. The average molecular weight is 253 g/mol. The number of hydrogen-bond donors (Lipinski definition) is 1. The molecule has 2 rings (SSSR count). The van der Waals surface area contributed by atoms with E-state index < -0.39 is 0 Å². The number of hydrogen-bond acceptors (Lipinski definition) is 3. The number of likely N-dealkylation sites (N-methyl/N-ethyl adjacent to an activating group) is 1. The summed E-state index contributed by atoms with van der Waals surface area (Å²) in [6, 6.07) is 1.16. The van der Waals surface area contributed by atoms with Crippen LogP contribution in [0.5, 0.6) is 0 Å². The highest BCUT2D eigenvalue weighted by molar-refractivity contribution is 5.78. The predicted octanol–water partition coefficient (Wildman–Crippen LogP) is 0.927. The molecule has 0 spiro atoms. The van der Waals surface area contributed by atoms with E-state index >= 15 is 0 Å². The van der Waals surface area contributed by atoms with E-state index in [0.717, 1.165) is 26.1 Å². The monoisotopic (exact) mass is 253 g/mol. The first-order valence-electron chi connectivity index (χ1n) is 7.34. The van der Waals surface area contributed by atoms with Crippen LogP contribution in [0.2, 0.25) is 0 Å². The summed E-state index contributed by atoms with van der Waals surface area (Å²) < 4.78 is 0. The molecule has 2 unspecified atom stereocenters. The lowest BCUT2D eigenvalue weighted by atomic mass is 9.94. The summed E-state index contributed by atoms with van der Waals surface area (Å²) in [5.41, 5.74) is 0. The number of nitrogens with zero attached hydrogens (tertiary/aromatic N) is 2. The largest absolute Gasteiger partial charge is 0.339 e. The summed E-state index contributed by atoms with van der Waals surface area (Å²) in [4.78, 5) is 16.6. The number of carbonyl (C=O) groups is 1. The molecule has 4 heteroatoms. The molecule has 0 aromatic carbocycles. The van der Waals surface area contributed by atoms with Crippen molar-refractivity contribution in [1.82, 2.24) is 15.1 Å². The minimum atomic E-state index is 0.329. The van der Waals surface area contributed by atoms with Gasteiger partial charge in [-0.2, -0.15) is 0 Å². The van der Waals surface area contributed by atoms with Crippen LogP contribution in [-0.4, -0.2) is 61.0 Å². The summed E-state index contributed by atoms with van der Waals surface area (Å²) >= 11 is 0. The van der Waals surface area contributed by atoms with E-state index in [1.807, 2.05) is 7.05 Å². The molecule has 1 N–H and O–H groups in total. The van der Waals surface area contributed by atoms with E-state index in [2.05, 4.69) is 29.0 Å². The molecule has 2 aliphatic rings. The Labute approximate surface area is 111 Å². The van der Waals surface area contributed by atoms with Gasteiger partial charge >= 0.3 is 0 Å². The zero-order chi connectivity index (χ0) is 13.1. The molecule has 1 aliphatic heterocycles. The Bertz CT molecular complexity index is 291. The zero-order valence-corrected chi connectivity index (χ0v) is 12.0. The highest BCUT2D eigenvalue weighted by atomic mass is 16.2. The van der Waals surface area contributed by atoms with Crippen LogP contribution in [-0.2, 0) is 4.79 Å². The van der Waals surface area contributed by atoms with Crippen molar-refractivity contribution in [1.29, 1.82) is 0 Å². The van der Waals surface area contributed by atoms with Crippen LogP contribution in [0.25, 0.3) is 0 Å². The molecule has 0 radical (unpaired) electrons. The SMILES string of the molecule is CCN(C(=O)CN1CCC(NC)C(C)C1)C1CC1. The van der Waals surface area contributed by atoms with Crippen LogP contribution < -0.4 is 5.32 Å². The summed E-state index contributed by atoms with van der Waals surface area (Å²) in [5, 5.41) is 3.37. The first-order valence-corrected chi connectivity index (χ1v) is 7.34. The Morgan fingerprint density at radius 1 is 1.39 bits per heavy atom. The number of rotatable bonds is 5. The van der Waals surface area contributed by atoms with Gasteiger partial charge in [0.25, 0.3) is 0 Å². The van der Waals surface area contributed by atoms with E-state index in [-0.39, 0.29) is 0 Å². The van der Waals surface area contributed by atoms with Crippen molar-refractivity contribution in [3.8, 4) is 0 Å². The molecule has 1 saturated carbocycles. The van der Waals surface area contributed by atoms with Gasteiger partial charge in [0.2, 0.25) is 5.91 Å². The van der Waals surface area contributed by atoms with Crippen LogP contribution in [0.1, 0.15) is 33.1 Å². The molecule has 0 aromatic heterocycles. The van der Waals surface area contributed by atoms with Crippen LogP contribution in [0.4, 0.5) is 0 Å². The van der Waals surface area contributed by atoms with Crippen molar-refractivity contribution in [3.63, 3.8) is 0 Å². The van der Waals surface area contributed by atoms with Crippen molar-refractivity contribution >= 4 is 5.91 Å². The quantitative estimate of drug-likeness (QED) is 0.791. The van der Waals surface area contributed by atoms with Crippen molar-refractivity contribution in [2.24, 2.45) is 5.92 Å². The van der Waals surface area contributed by atoms with Gasteiger partial charge in [0.1, 0.15) is 0 Å². The molecule has 104 valence electrons. The second kappa shape index (κ2) is 6.02. The van der Waals surface area contributed by atoms with E-state index in [4.69, 9.17) is 0 Å². The average Bonchev–Trinajstić information content (AvgIpc) is 3.15. The van der Waals surface area contributed by atoms with Crippen molar-refractivity contribution in [2.45, 2.75) is 45.2 Å². The zero-order valence-electron chi connectivity index (χ0n) is 12.0. The van der Waals surface area contributed by atoms with Gasteiger partial charge in [0, 0.05) is 31.7 Å². The predicted molar refractivity (Wildman–Crippen MR) is 73.5 cm³/mol. The molecule has 0 bridgehead atoms. The van der Waals surface area contributed by atoms with Gasteiger partial charge in [-0.05, 0) is 39.2 Å². The summed E-state index contributed by atoms with van der Waals surface area (Å²) in [5.74, 6) is 0.961.